The number of hydrogen-bond acceptors (Lipinski definition) is 5. The summed E-state index contributed by atoms with van der Waals surface area (Å²) in [6, 6.07) is 6.56. The van der Waals surface area contributed by atoms with Crippen LogP contribution in [-0.4, -0.2) is 24.6 Å². The van der Waals surface area contributed by atoms with Gasteiger partial charge in [-0.2, -0.15) is 5.26 Å². The van der Waals surface area contributed by atoms with E-state index in [1.54, 1.807) is 12.1 Å². The largest absolute Gasteiger partial charge is 0.371 e. The van der Waals surface area contributed by atoms with Crippen LogP contribution >= 0.6 is 0 Å². The highest BCUT2D eigenvalue weighted by Gasteiger charge is 2.33. The van der Waals surface area contributed by atoms with E-state index in [1.165, 1.54) is 6.07 Å². The summed E-state index contributed by atoms with van der Waals surface area (Å²) in [5, 5.41) is 19.8. The fourth-order valence-corrected chi connectivity index (χ4v) is 2.38. The minimum absolute atomic E-state index is 0.0780. The fraction of sp³-hybridized carbons (Fsp3) is 0.462. The molecule has 1 aliphatic rings. The van der Waals surface area contributed by atoms with Crippen molar-refractivity contribution < 1.29 is 4.92 Å². The van der Waals surface area contributed by atoms with Crippen LogP contribution in [0.4, 0.5) is 11.4 Å². The molecule has 1 aromatic rings. The van der Waals surface area contributed by atoms with Crippen LogP contribution in [0.1, 0.15) is 18.9 Å². The van der Waals surface area contributed by atoms with Gasteiger partial charge in [0.05, 0.1) is 4.92 Å². The Bertz CT molecular complexity index is 552. The molecule has 1 aliphatic heterocycles. The fourth-order valence-electron chi connectivity index (χ4n) is 2.38. The first-order valence-corrected chi connectivity index (χ1v) is 6.13. The maximum absolute atomic E-state index is 10.8. The van der Waals surface area contributed by atoms with Crippen LogP contribution in [0.5, 0.6) is 0 Å². The number of benzene rings is 1. The first kappa shape index (κ1) is 13.3. The molecule has 19 heavy (non-hydrogen) atoms. The van der Waals surface area contributed by atoms with Crippen molar-refractivity contribution in [3.05, 3.63) is 33.9 Å². The molecule has 0 saturated carbocycles. The lowest BCUT2D eigenvalue weighted by atomic mass is 9.90. The Morgan fingerprint density at radius 3 is 2.89 bits per heavy atom. The van der Waals surface area contributed by atoms with E-state index >= 15 is 0 Å². The number of rotatable bonds is 3. The molecule has 1 atom stereocenters. The predicted molar refractivity (Wildman–Crippen MR) is 71.8 cm³/mol. The van der Waals surface area contributed by atoms with Crippen molar-refractivity contribution in [2.24, 2.45) is 11.1 Å². The van der Waals surface area contributed by atoms with Gasteiger partial charge in [-0.25, -0.2) is 0 Å². The van der Waals surface area contributed by atoms with Crippen molar-refractivity contribution >= 4 is 11.4 Å². The lowest BCUT2D eigenvalue weighted by Crippen LogP contribution is -2.31. The molecule has 0 radical (unpaired) electrons. The van der Waals surface area contributed by atoms with Crippen LogP contribution in [0, 0.1) is 26.9 Å². The maximum atomic E-state index is 10.8. The SMILES string of the molecule is CC1(CN)CCN(c2ccc([N+](=O)[O-])c(C#N)c2)C1. The van der Waals surface area contributed by atoms with Crippen molar-refractivity contribution in [2.75, 3.05) is 24.5 Å². The zero-order chi connectivity index (χ0) is 14.0. The molecule has 1 heterocycles. The Labute approximate surface area is 111 Å². The van der Waals surface area contributed by atoms with Gasteiger partial charge >= 0.3 is 0 Å². The van der Waals surface area contributed by atoms with Crippen molar-refractivity contribution in [3.63, 3.8) is 0 Å². The Kier molecular flexibility index (Phi) is 3.40. The molecule has 0 amide bonds. The molecule has 1 unspecified atom stereocenters. The van der Waals surface area contributed by atoms with Gasteiger partial charge in [0.15, 0.2) is 0 Å². The maximum Gasteiger partial charge on any atom is 0.287 e. The highest BCUT2D eigenvalue weighted by Crippen LogP contribution is 2.33. The standard InChI is InChI=1S/C13H16N4O2/c1-13(8-15)4-5-16(9-13)11-2-3-12(17(18)19)10(6-11)7-14/h2-3,6H,4-5,8-9,15H2,1H3. The van der Waals surface area contributed by atoms with Crippen LogP contribution in [0.15, 0.2) is 18.2 Å². The van der Waals surface area contributed by atoms with E-state index in [2.05, 4.69) is 11.8 Å². The topological polar surface area (TPSA) is 96.2 Å². The second-order valence-electron chi connectivity index (χ2n) is 5.26. The van der Waals surface area contributed by atoms with E-state index in [-0.39, 0.29) is 16.7 Å². The van der Waals surface area contributed by atoms with Gasteiger partial charge in [-0.3, -0.25) is 10.1 Å². The number of nitrogens with zero attached hydrogens (tertiary/aromatic N) is 3. The summed E-state index contributed by atoms with van der Waals surface area (Å²) < 4.78 is 0. The summed E-state index contributed by atoms with van der Waals surface area (Å²) in [5.41, 5.74) is 6.64. The normalized spacial score (nSPS) is 22.3. The van der Waals surface area contributed by atoms with Crippen LogP contribution in [0.2, 0.25) is 0 Å². The molecule has 2 N–H and O–H groups in total. The average molecular weight is 260 g/mol. The number of nitro benzene ring substituents is 1. The lowest BCUT2D eigenvalue weighted by Gasteiger charge is -2.23. The van der Waals surface area contributed by atoms with E-state index in [1.807, 2.05) is 6.07 Å². The van der Waals surface area contributed by atoms with Gasteiger partial charge in [0.2, 0.25) is 0 Å². The van der Waals surface area contributed by atoms with Crippen molar-refractivity contribution in [2.45, 2.75) is 13.3 Å². The Balaban J connectivity index is 2.29. The van der Waals surface area contributed by atoms with Crippen LogP contribution in [-0.2, 0) is 0 Å². The minimum Gasteiger partial charge on any atom is -0.371 e. The molecule has 1 fully saturated rings. The number of nitrogens with two attached hydrogens (primary N) is 1. The molecule has 6 heteroatoms. The van der Waals surface area contributed by atoms with Crippen LogP contribution in [0.3, 0.4) is 0 Å². The summed E-state index contributed by atoms with van der Waals surface area (Å²) in [4.78, 5) is 12.4. The van der Waals surface area contributed by atoms with Gasteiger partial charge in [0.1, 0.15) is 11.6 Å². The molecule has 0 aromatic heterocycles. The molecule has 0 aliphatic carbocycles. The summed E-state index contributed by atoms with van der Waals surface area (Å²) in [6.45, 7) is 4.41. The third-order valence-corrected chi connectivity index (χ3v) is 3.71. The summed E-state index contributed by atoms with van der Waals surface area (Å²) in [6.07, 6.45) is 0.988. The Hall–Kier alpha value is -2.13. The molecule has 0 bridgehead atoms. The monoisotopic (exact) mass is 260 g/mol. The van der Waals surface area contributed by atoms with Gasteiger partial charge < -0.3 is 10.6 Å². The molecular weight excluding hydrogens is 244 g/mol. The van der Waals surface area contributed by atoms with Gasteiger partial charge in [-0.05, 0) is 30.5 Å². The van der Waals surface area contributed by atoms with E-state index in [0.29, 0.717) is 6.54 Å². The molecule has 100 valence electrons. The minimum atomic E-state index is -0.531. The number of anilines is 1. The molecule has 6 nitrogen and oxygen atoms in total. The van der Waals surface area contributed by atoms with E-state index < -0.39 is 4.92 Å². The Morgan fingerprint density at radius 1 is 1.63 bits per heavy atom. The van der Waals surface area contributed by atoms with Gasteiger partial charge in [0, 0.05) is 24.8 Å². The molecule has 1 saturated heterocycles. The van der Waals surface area contributed by atoms with E-state index in [0.717, 1.165) is 25.2 Å². The smallest absolute Gasteiger partial charge is 0.287 e. The molecule has 2 rings (SSSR count). The quantitative estimate of drug-likeness (QED) is 0.658. The van der Waals surface area contributed by atoms with Gasteiger partial charge in [-0.1, -0.05) is 6.92 Å². The number of hydrogen-bond donors (Lipinski definition) is 1. The summed E-state index contributed by atoms with van der Waals surface area (Å²) >= 11 is 0. The first-order valence-electron chi connectivity index (χ1n) is 6.13. The van der Waals surface area contributed by atoms with Crippen LogP contribution < -0.4 is 10.6 Å². The van der Waals surface area contributed by atoms with Gasteiger partial charge in [-0.15, -0.1) is 0 Å². The lowest BCUT2D eigenvalue weighted by molar-refractivity contribution is -0.385. The van der Waals surface area contributed by atoms with Crippen molar-refractivity contribution in [1.82, 2.24) is 0 Å². The second kappa shape index (κ2) is 4.86. The van der Waals surface area contributed by atoms with Crippen molar-refractivity contribution in [3.8, 4) is 6.07 Å². The predicted octanol–water partition coefficient (Wildman–Crippen LogP) is 1.64. The highest BCUT2D eigenvalue weighted by molar-refractivity contribution is 5.60. The zero-order valence-electron chi connectivity index (χ0n) is 10.8. The van der Waals surface area contributed by atoms with Gasteiger partial charge in [0.25, 0.3) is 5.69 Å². The van der Waals surface area contributed by atoms with E-state index in [4.69, 9.17) is 11.0 Å². The van der Waals surface area contributed by atoms with Crippen molar-refractivity contribution in [1.29, 1.82) is 5.26 Å². The third-order valence-electron chi connectivity index (χ3n) is 3.71. The second-order valence-corrected chi connectivity index (χ2v) is 5.26. The van der Waals surface area contributed by atoms with Crippen LogP contribution in [0.25, 0.3) is 0 Å². The van der Waals surface area contributed by atoms with E-state index in [9.17, 15) is 10.1 Å². The molecular formula is C13H16N4O2. The number of nitro groups is 1. The third kappa shape index (κ3) is 2.51. The average Bonchev–Trinajstić information content (AvgIpc) is 2.81. The number of nitriles is 1. The molecule has 1 aromatic carbocycles. The summed E-state index contributed by atoms with van der Waals surface area (Å²) in [5.74, 6) is 0. The highest BCUT2D eigenvalue weighted by atomic mass is 16.6. The molecule has 0 spiro atoms. The first-order chi connectivity index (χ1) is 8.99. The Morgan fingerprint density at radius 2 is 2.37 bits per heavy atom. The zero-order valence-corrected chi connectivity index (χ0v) is 10.8. The summed E-state index contributed by atoms with van der Waals surface area (Å²) in [7, 11) is 0.